The van der Waals surface area contributed by atoms with Gasteiger partial charge in [-0.3, -0.25) is 0 Å². The number of anilines is 1. The highest BCUT2D eigenvalue weighted by molar-refractivity contribution is 5.86. The van der Waals surface area contributed by atoms with Gasteiger partial charge in [-0.05, 0) is 97.1 Å². The molecule has 4 N–H and O–H groups in total. The van der Waals surface area contributed by atoms with Gasteiger partial charge in [-0.1, -0.05) is 18.2 Å². The lowest BCUT2D eigenvalue weighted by atomic mass is 9.48. The predicted octanol–water partition coefficient (Wildman–Crippen LogP) is 5.21. The van der Waals surface area contributed by atoms with Crippen molar-refractivity contribution in [2.75, 3.05) is 5.73 Å². The number of benzene rings is 2. The van der Waals surface area contributed by atoms with Crippen molar-refractivity contribution in [3.8, 4) is 16.9 Å². The quantitative estimate of drug-likeness (QED) is 0.495. The monoisotopic (exact) mass is 389 g/mol. The van der Waals surface area contributed by atoms with Crippen LogP contribution in [0.1, 0.15) is 49.7 Å². The van der Waals surface area contributed by atoms with E-state index in [-0.39, 0.29) is 5.41 Å². The minimum absolute atomic E-state index is 0.119. The fourth-order valence-corrected chi connectivity index (χ4v) is 6.68. The molecule has 29 heavy (non-hydrogen) atoms. The number of aromatic hydroxyl groups is 1. The normalized spacial score (nSPS) is 30.1. The Morgan fingerprint density at radius 3 is 2.24 bits per heavy atom. The van der Waals surface area contributed by atoms with Gasteiger partial charge < -0.3 is 15.9 Å². The summed E-state index contributed by atoms with van der Waals surface area (Å²) in [5, 5.41) is 19.6. The van der Waals surface area contributed by atoms with Crippen LogP contribution in [-0.2, 0) is 10.2 Å². The van der Waals surface area contributed by atoms with Gasteiger partial charge in [0.1, 0.15) is 5.75 Å². The van der Waals surface area contributed by atoms with Crippen molar-refractivity contribution < 1.29 is 15.0 Å². The molecule has 4 bridgehead atoms. The maximum atomic E-state index is 10.8. The Balaban J connectivity index is 1.51. The van der Waals surface area contributed by atoms with Crippen LogP contribution in [0.4, 0.5) is 5.69 Å². The fraction of sp³-hybridized carbons (Fsp3) is 0.400. The number of carboxylic acid groups (broad SMARTS) is 1. The van der Waals surface area contributed by atoms with Crippen molar-refractivity contribution in [2.45, 2.75) is 43.9 Å². The summed E-state index contributed by atoms with van der Waals surface area (Å²) in [5.41, 5.74) is 10.8. The van der Waals surface area contributed by atoms with Crippen LogP contribution in [0.5, 0.6) is 5.75 Å². The molecule has 2 aromatic rings. The molecular formula is C25H27NO3. The zero-order valence-electron chi connectivity index (χ0n) is 16.5. The molecule has 4 saturated carbocycles. The van der Waals surface area contributed by atoms with E-state index in [9.17, 15) is 9.90 Å². The first-order chi connectivity index (χ1) is 13.9. The molecular weight excluding hydrogens is 362 g/mol. The smallest absolute Gasteiger partial charge is 0.328 e. The molecule has 150 valence electrons. The molecule has 4 aliphatic carbocycles. The summed E-state index contributed by atoms with van der Waals surface area (Å²) in [6.07, 6.45) is 10.4. The zero-order valence-corrected chi connectivity index (χ0v) is 16.5. The summed E-state index contributed by atoms with van der Waals surface area (Å²) in [5.74, 6) is 1.88. The number of carbonyl (C=O) groups is 1. The molecule has 0 radical (unpaired) electrons. The molecule has 0 heterocycles. The third kappa shape index (κ3) is 3.21. The number of nitrogens with two attached hydrogens (primary N) is 1. The van der Waals surface area contributed by atoms with E-state index in [0.29, 0.717) is 11.4 Å². The summed E-state index contributed by atoms with van der Waals surface area (Å²) < 4.78 is 0. The number of phenols is 1. The molecule has 0 spiro atoms. The van der Waals surface area contributed by atoms with Crippen LogP contribution in [-0.4, -0.2) is 16.2 Å². The minimum atomic E-state index is -0.980. The third-order valence-electron chi connectivity index (χ3n) is 7.41. The van der Waals surface area contributed by atoms with E-state index in [0.717, 1.165) is 46.1 Å². The molecule has 4 fully saturated rings. The van der Waals surface area contributed by atoms with Gasteiger partial charge in [-0.15, -0.1) is 0 Å². The fourth-order valence-electron chi connectivity index (χ4n) is 6.68. The Morgan fingerprint density at radius 2 is 1.66 bits per heavy atom. The number of hydrogen-bond acceptors (Lipinski definition) is 3. The second-order valence-corrected chi connectivity index (χ2v) is 9.45. The zero-order chi connectivity index (χ0) is 20.2. The number of rotatable bonds is 4. The van der Waals surface area contributed by atoms with Crippen LogP contribution in [0, 0.1) is 17.8 Å². The number of hydrogen-bond donors (Lipinski definition) is 3. The van der Waals surface area contributed by atoms with Crippen molar-refractivity contribution in [1.82, 2.24) is 0 Å². The van der Waals surface area contributed by atoms with E-state index in [2.05, 4.69) is 6.07 Å². The van der Waals surface area contributed by atoms with E-state index >= 15 is 0 Å². The van der Waals surface area contributed by atoms with E-state index in [1.807, 2.05) is 24.3 Å². The summed E-state index contributed by atoms with van der Waals surface area (Å²) in [7, 11) is 0. The SMILES string of the molecule is Nc1cc(/C=C/C(=O)O)ccc1-c1ccc(O)c(C23CC4CC(CC(C4)C2)C3)c1. The highest BCUT2D eigenvalue weighted by Crippen LogP contribution is 2.62. The maximum Gasteiger partial charge on any atom is 0.328 e. The first-order valence-electron chi connectivity index (χ1n) is 10.6. The minimum Gasteiger partial charge on any atom is -0.508 e. The molecule has 0 aliphatic heterocycles. The second kappa shape index (κ2) is 6.65. The van der Waals surface area contributed by atoms with Crippen molar-refractivity contribution in [3.63, 3.8) is 0 Å². The Hall–Kier alpha value is -2.75. The van der Waals surface area contributed by atoms with E-state index in [4.69, 9.17) is 10.8 Å². The highest BCUT2D eigenvalue weighted by Gasteiger charge is 2.52. The van der Waals surface area contributed by atoms with Crippen molar-refractivity contribution in [2.24, 2.45) is 17.8 Å². The van der Waals surface area contributed by atoms with Gasteiger partial charge in [0.25, 0.3) is 0 Å². The topological polar surface area (TPSA) is 83.6 Å². The molecule has 0 atom stereocenters. The Kier molecular flexibility index (Phi) is 4.19. The van der Waals surface area contributed by atoms with Crippen LogP contribution >= 0.6 is 0 Å². The predicted molar refractivity (Wildman–Crippen MR) is 114 cm³/mol. The maximum absolute atomic E-state index is 10.8. The van der Waals surface area contributed by atoms with Crippen LogP contribution in [0.25, 0.3) is 17.2 Å². The average Bonchev–Trinajstić information content (AvgIpc) is 2.66. The highest BCUT2D eigenvalue weighted by atomic mass is 16.4. The molecule has 0 amide bonds. The van der Waals surface area contributed by atoms with E-state index in [1.165, 1.54) is 38.5 Å². The van der Waals surface area contributed by atoms with Crippen LogP contribution < -0.4 is 5.73 Å². The van der Waals surface area contributed by atoms with Crippen LogP contribution in [0.2, 0.25) is 0 Å². The van der Waals surface area contributed by atoms with Gasteiger partial charge in [-0.2, -0.15) is 0 Å². The third-order valence-corrected chi connectivity index (χ3v) is 7.41. The Morgan fingerprint density at radius 1 is 1.00 bits per heavy atom. The number of nitrogen functional groups attached to an aromatic ring is 1. The summed E-state index contributed by atoms with van der Waals surface area (Å²) in [6.45, 7) is 0. The van der Waals surface area contributed by atoms with Gasteiger partial charge in [0, 0.05) is 22.9 Å². The van der Waals surface area contributed by atoms with E-state index < -0.39 is 5.97 Å². The van der Waals surface area contributed by atoms with Crippen LogP contribution in [0.3, 0.4) is 0 Å². The summed E-state index contributed by atoms with van der Waals surface area (Å²) in [6, 6.07) is 11.5. The van der Waals surface area contributed by atoms with Crippen molar-refractivity contribution in [3.05, 3.63) is 53.6 Å². The number of phenolic OH excluding ortho intramolecular Hbond substituents is 1. The first-order valence-corrected chi connectivity index (χ1v) is 10.6. The average molecular weight is 389 g/mol. The lowest BCUT2D eigenvalue weighted by Crippen LogP contribution is -2.48. The lowest BCUT2D eigenvalue weighted by Gasteiger charge is -2.57. The molecule has 0 aromatic heterocycles. The Labute approximate surface area is 171 Å². The van der Waals surface area contributed by atoms with Crippen molar-refractivity contribution in [1.29, 1.82) is 0 Å². The molecule has 0 saturated heterocycles. The molecule has 6 rings (SSSR count). The van der Waals surface area contributed by atoms with Crippen LogP contribution in [0.15, 0.2) is 42.5 Å². The molecule has 0 unspecified atom stereocenters. The van der Waals surface area contributed by atoms with Crippen molar-refractivity contribution >= 4 is 17.7 Å². The lowest BCUT2D eigenvalue weighted by molar-refractivity contribution is -0.131. The van der Waals surface area contributed by atoms with Gasteiger partial charge in [0.2, 0.25) is 0 Å². The number of aliphatic carboxylic acids is 1. The largest absolute Gasteiger partial charge is 0.508 e. The molecule has 4 heteroatoms. The summed E-state index contributed by atoms with van der Waals surface area (Å²) in [4.78, 5) is 10.7. The van der Waals surface area contributed by atoms with Gasteiger partial charge in [-0.25, -0.2) is 4.79 Å². The van der Waals surface area contributed by atoms with Gasteiger partial charge in [0.15, 0.2) is 0 Å². The van der Waals surface area contributed by atoms with E-state index in [1.54, 1.807) is 12.1 Å². The number of carboxylic acids is 1. The Bertz CT molecular complexity index is 972. The molecule has 4 nitrogen and oxygen atoms in total. The van der Waals surface area contributed by atoms with Gasteiger partial charge >= 0.3 is 5.97 Å². The summed E-state index contributed by atoms with van der Waals surface area (Å²) >= 11 is 0. The molecule has 4 aliphatic rings. The van der Waals surface area contributed by atoms with Gasteiger partial charge in [0.05, 0.1) is 0 Å². The first kappa shape index (κ1) is 18.3. The molecule has 2 aromatic carbocycles. The second-order valence-electron chi connectivity index (χ2n) is 9.45. The standard InChI is InChI=1S/C25H27NO3/c26-22-10-15(2-6-24(28)29)1-4-20(22)19-3-5-23(27)21(11-19)25-12-16-7-17(13-25)9-18(8-16)14-25/h1-6,10-11,16-18,27H,7-9,12-14,26H2,(H,28,29)/b6-2+.